The van der Waals surface area contributed by atoms with E-state index in [0.717, 1.165) is 25.7 Å². The predicted octanol–water partition coefficient (Wildman–Crippen LogP) is 3.57. The van der Waals surface area contributed by atoms with Crippen molar-refractivity contribution < 1.29 is 13.4 Å². The molecule has 0 N–H and O–H groups in total. The molecule has 0 aromatic rings. The molecule has 138 valence electrons. The molecule has 5 fully saturated rings. The quantitative estimate of drug-likeness (QED) is 0.505. The summed E-state index contributed by atoms with van der Waals surface area (Å²) in [6.07, 6.45) is 3.92. The molecule has 0 amide bonds. The number of hydrogen-bond acceptors (Lipinski definition) is 3. The molecular weight excluding hydrogens is 446 g/mol. The van der Waals surface area contributed by atoms with Gasteiger partial charge in [-0.05, 0) is 0 Å². The summed E-state index contributed by atoms with van der Waals surface area (Å²) in [5.41, 5.74) is -0.792. The Kier molecular flexibility index (Phi) is 2.85. The summed E-state index contributed by atoms with van der Waals surface area (Å²) in [6, 6.07) is 0. The Morgan fingerprint density at radius 3 is 1.40 bits per heavy atom. The summed E-state index contributed by atoms with van der Waals surface area (Å²) in [5, 5.41) is 0. The zero-order valence-electron chi connectivity index (χ0n) is 16.0. The summed E-state index contributed by atoms with van der Waals surface area (Å²) in [4.78, 5) is 27.1. The molecule has 2 unspecified atom stereocenters. The first kappa shape index (κ1) is 17.3. The molecule has 3 nitrogen and oxygen atoms in total. The number of carbonyl (C=O) groups is 2. The number of ketones is 2. The van der Waals surface area contributed by atoms with Crippen molar-refractivity contribution in [2.24, 2.45) is 33.5 Å². The molecular formula is C20H28O3Se2. The Hall–Kier alpha value is 0.179. The van der Waals surface area contributed by atoms with Crippen molar-refractivity contribution >= 4 is 40.4 Å². The van der Waals surface area contributed by atoms with Gasteiger partial charge in [-0.2, -0.15) is 0 Å². The number of Topliss-reactive ketones (excluding diaryl/α,β-unsaturated/α-hetero) is 2. The Bertz CT molecular complexity index is 724. The molecule has 0 aromatic heterocycles. The van der Waals surface area contributed by atoms with Gasteiger partial charge in [0.2, 0.25) is 0 Å². The van der Waals surface area contributed by atoms with Gasteiger partial charge in [-0.15, -0.1) is 0 Å². The summed E-state index contributed by atoms with van der Waals surface area (Å²) in [6.45, 7) is 13.1. The molecule has 0 radical (unpaired) electrons. The fourth-order valence-corrected chi connectivity index (χ4v) is 23.1. The van der Waals surface area contributed by atoms with Crippen molar-refractivity contribution in [3.63, 3.8) is 0 Å². The fraction of sp³-hybridized carbons (Fsp3) is 0.900. The average molecular weight is 474 g/mol. The van der Waals surface area contributed by atoms with Crippen LogP contribution in [0, 0.1) is 33.5 Å². The van der Waals surface area contributed by atoms with E-state index in [2.05, 4.69) is 41.5 Å². The van der Waals surface area contributed by atoms with Crippen LogP contribution in [0.5, 0.6) is 0 Å². The van der Waals surface area contributed by atoms with E-state index in [1.54, 1.807) is 0 Å². The van der Waals surface area contributed by atoms with Gasteiger partial charge >= 0.3 is 161 Å². The van der Waals surface area contributed by atoms with E-state index in [-0.39, 0.29) is 60.0 Å². The fourth-order valence-electron chi connectivity index (χ4n) is 7.38. The first-order valence-corrected chi connectivity index (χ1v) is 13.7. The predicted molar refractivity (Wildman–Crippen MR) is 96.8 cm³/mol. The second-order valence-electron chi connectivity index (χ2n) is 10.7. The molecule has 4 saturated carbocycles. The van der Waals surface area contributed by atoms with Crippen LogP contribution in [-0.2, 0) is 13.4 Å². The molecule has 4 bridgehead atoms. The minimum atomic E-state index is -2.55. The third kappa shape index (κ3) is 1.29. The third-order valence-electron chi connectivity index (χ3n) is 9.86. The van der Waals surface area contributed by atoms with Crippen molar-refractivity contribution in [1.82, 2.24) is 0 Å². The standard InChI is InChI=1S/C20H28O3Se2/c1-15(2)11-7-9-17(15,5)13(21)19(11)24-20(25(19)23)12-8-10-18(6,14(20)22)16(12,3)4/h11-12H,7-10H2,1-6H3/t11-,12-,17-,18-,19?,20?,25?/m0/s1. The van der Waals surface area contributed by atoms with E-state index in [9.17, 15) is 13.4 Å². The molecule has 6 atom stereocenters. The monoisotopic (exact) mass is 476 g/mol. The van der Waals surface area contributed by atoms with Gasteiger partial charge in [0.05, 0.1) is 0 Å². The zero-order valence-corrected chi connectivity index (χ0v) is 19.5. The first-order valence-electron chi connectivity index (χ1n) is 9.57. The van der Waals surface area contributed by atoms with Crippen molar-refractivity contribution in [1.29, 1.82) is 0 Å². The summed E-state index contributed by atoms with van der Waals surface area (Å²) < 4.78 is 12.9. The van der Waals surface area contributed by atoms with Gasteiger partial charge in [0, 0.05) is 0 Å². The molecule has 5 aliphatic rings. The van der Waals surface area contributed by atoms with E-state index in [1.807, 2.05) is 0 Å². The van der Waals surface area contributed by atoms with Gasteiger partial charge in [-0.25, -0.2) is 0 Å². The molecule has 1 heterocycles. The normalized spacial score (nSPS) is 60.0. The average Bonchev–Trinajstić information content (AvgIpc) is 3.00. The van der Waals surface area contributed by atoms with Crippen molar-refractivity contribution in [2.45, 2.75) is 73.6 Å². The Morgan fingerprint density at radius 1 is 0.800 bits per heavy atom. The SMILES string of the molecule is CC1(C)[C@@H]2CC[C@@]1(C)C(=O)C21[Se]C2(C(=O)[C@]3(C)CC[C@H]2C3(C)C)[Se]1=O. The Morgan fingerprint density at radius 2 is 1.16 bits per heavy atom. The van der Waals surface area contributed by atoms with Gasteiger partial charge in [0.25, 0.3) is 0 Å². The van der Waals surface area contributed by atoms with Crippen molar-refractivity contribution in [3.8, 4) is 0 Å². The van der Waals surface area contributed by atoms with Crippen LogP contribution in [0.3, 0.4) is 0 Å². The van der Waals surface area contributed by atoms with Gasteiger partial charge in [-0.1, -0.05) is 0 Å². The van der Waals surface area contributed by atoms with Crippen molar-refractivity contribution in [3.05, 3.63) is 0 Å². The zero-order chi connectivity index (χ0) is 18.4. The van der Waals surface area contributed by atoms with Crippen molar-refractivity contribution in [2.75, 3.05) is 0 Å². The van der Waals surface area contributed by atoms with Gasteiger partial charge in [-0.3, -0.25) is 0 Å². The molecule has 1 saturated heterocycles. The topological polar surface area (TPSA) is 51.2 Å². The maximum atomic E-state index is 14.1. The van der Waals surface area contributed by atoms with E-state index in [4.69, 9.17) is 0 Å². The van der Waals surface area contributed by atoms with Crippen LogP contribution in [0.15, 0.2) is 0 Å². The summed E-state index contributed by atoms with van der Waals surface area (Å²) in [5.74, 6) is 1.05. The van der Waals surface area contributed by atoms with E-state index >= 15 is 0 Å². The maximum absolute atomic E-state index is 14.1. The number of carbonyl (C=O) groups excluding carboxylic acids is 2. The summed E-state index contributed by atoms with van der Waals surface area (Å²) in [7, 11) is 0. The molecule has 5 heteroatoms. The minimum absolute atomic E-state index is 0.0698. The first-order chi connectivity index (χ1) is 11.3. The van der Waals surface area contributed by atoms with Crippen LogP contribution < -0.4 is 0 Å². The van der Waals surface area contributed by atoms with Crippen LogP contribution in [0.1, 0.15) is 67.2 Å². The second kappa shape index (κ2) is 4.12. The van der Waals surface area contributed by atoms with Crippen LogP contribution >= 0.6 is 0 Å². The summed E-state index contributed by atoms with van der Waals surface area (Å²) >= 11 is -2.68. The van der Waals surface area contributed by atoms with Crippen LogP contribution in [-0.4, -0.2) is 40.4 Å². The van der Waals surface area contributed by atoms with Crippen LogP contribution in [0.25, 0.3) is 0 Å². The van der Waals surface area contributed by atoms with Gasteiger partial charge < -0.3 is 0 Å². The number of fused-ring (bicyclic) bond motifs is 6. The van der Waals surface area contributed by atoms with E-state index < -0.39 is 20.3 Å². The van der Waals surface area contributed by atoms with E-state index in [0.29, 0.717) is 0 Å². The van der Waals surface area contributed by atoms with E-state index in [1.165, 1.54) is 0 Å². The molecule has 4 aliphatic carbocycles. The Labute approximate surface area is 160 Å². The van der Waals surface area contributed by atoms with Crippen LogP contribution in [0.2, 0.25) is 6.42 Å². The van der Waals surface area contributed by atoms with Crippen LogP contribution in [0.4, 0.5) is 0 Å². The molecule has 0 aromatic carbocycles. The van der Waals surface area contributed by atoms with Gasteiger partial charge in [0.1, 0.15) is 0 Å². The Balaban J connectivity index is 1.64. The number of hydrogen-bond donors (Lipinski definition) is 0. The molecule has 25 heavy (non-hydrogen) atoms. The van der Waals surface area contributed by atoms with Gasteiger partial charge in [0.15, 0.2) is 0 Å². The number of rotatable bonds is 0. The molecule has 1 aliphatic heterocycles. The third-order valence-corrected chi connectivity index (χ3v) is 22.5. The second-order valence-corrected chi connectivity index (χ2v) is 20.2. The molecule has 2 spiro atoms. The molecule has 5 rings (SSSR count).